The number of morpholine rings is 1. The van der Waals surface area contributed by atoms with Gasteiger partial charge >= 0.3 is 0 Å². The largest absolute Gasteiger partial charge is 0.364 e. The first-order chi connectivity index (χ1) is 14.7. The molecule has 2 amide bonds. The average molecular weight is 431 g/mol. The van der Waals surface area contributed by atoms with Crippen LogP contribution < -0.4 is 21.3 Å². The SMILES string of the molecule is CC(C)Cn1nc(C(=O)NNC(=O)CC[NH+]2C[C@@H](C)O[C@H](C)C2)c2ccccc2c1=O. The van der Waals surface area contributed by atoms with Crippen molar-refractivity contribution in [1.82, 2.24) is 20.6 Å². The lowest BCUT2D eigenvalue weighted by Crippen LogP contribution is -3.15. The Morgan fingerprint density at radius 2 is 1.81 bits per heavy atom. The number of quaternary nitrogens is 1. The predicted molar refractivity (Wildman–Crippen MR) is 117 cm³/mol. The van der Waals surface area contributed by atoms with Crippen molar-refractivity contribution in [1.29, 1.82) is 0 Å². The highest BCUT2D eigenvalue weighted by Gasteiger charge is 2.26. The van der Waals surface area contributed by atoms with Crippen LogP contribution in [0.2, 0.25) is 0 Å². The van der Waals surface area contributed by atoms with Crippen molar-refractivity contribution < 1.29 is 19.2 Å². The molecule has 0 aliphatic carbocycles. The van der Waals surface area contributed by atoms with Crippen LogP contribution in [0.1, 0.15) is 44.6 Å². The van der Waals surface area contributed by atoms with Crippen LogP contribution in [0.5, 0.6) is 0 Å². The summed E-state index contributed by atoms with van der Waals surface area (Å²) in [4.78, 5) is 39.0. The highest BCUT2D eigenvalue weighted by atomic mass is 16.5. The molecule has 0 unspecified atom stereocenters. The van der Waals surface area contributed by atoms with Crippen molar-refractivity contribution in [2.75, 3.05) is 19.6 Å². The molecule has 168 valence electrons. The maximum Gasteiger partial charge on any atom is 0.290 e. The first-order valence-corrected chi connectivity index (χ1v) is 10.8. The molecule has 0 bridgehead atoms. The van der Waals surface area contributed by atoms with E-state index in [1.54, 1.807) is 24.3 Å². The molecule has 2 heterocycles. The van der Waals surface area contributed by atoms with Gasteiger partial charge in [-0.25, -0.2) is 4.68 Å². The van der Waals surface area contributed by atoms with E-state index in [1.165, 1.54) is 9.58 Å². The van der Waals surface area contributed by atoms with Gasteiger partial charge in [0.15, 0.2) is 5.69 Å². The summed E-state index contributed by atoms with van der Waals surface area (Å²) < 4.78 is 7.03. The van der Waals surface area contributed by atoms with Crippen molar-refractivity contribution >= 4 is 22.6 Å². The number of carbonyl (C=O) groups is 2. The van der Waals surface area contributed by atoms with Gasteiger partial charge in [0.05, 0.1) is 18.4 Å². The number of hydrazine groups is 1. The molecule has 1 aliphatic heterocycles. The summed E-state index contributed by atoms with van der Waals surface area (Å²) in [5.74, 6) is -0.634. The highest BCUT2D eigenvalue weighted by Crippen LogP contribution is 2.13. The van der Waals surface area contributed by atoms with Crippen LogP contribution in [0.4, 0.5) is 0 Å². The van der Waals surface area contributed by atoms with Crippen LogP contribution in [0.25, 0.3) is 10.8 Å². The molecule has 1 saturated heterocycles. The summed E-state index contributed by atoms with van der Waals surface area (Å²) >= 11 is 0. The smallest absolute Gasteiger partial charge is 0.290 e. The molecule has 1 fully saturated rings. The molecule has 0 saturated carbocycles. The van der Waals surface area contributed by atoms with Crippen molar-refractivity contribution in [3.63, 3.8) is 0 Å². The lowest BCUT2D eigenvalue weighted by atomic mass is 10.1. The number of nitrogens with one attached hydrogen (secondary N) is 3. The second kappa shape index (κ2) is 10.0. The molecule has 0 spiro atoms. The minimum absolute atomic E-state index is 0.109. The van der Waals surface area contributed by atoms with Crippen molar-refractivity contribution in [2.45, 2.75) is 52.9 Å². The van der Waals surface area contributed by atoms with Gasteiger partial charge in [0.25, 0.3) is 11.5 Å². The minimum atomic E-state index is -0.553. The Kier molecular flexibility index (Phi) is 7.40. The number of carbonyl (C=O) groups excluding carboxylic acids is 2. The van der Waals surface area contributed by atoms with Crippen LogP contribution in [-0.2, 0) is 16.1 Å². The van der Waals surface area contributed by atoms with Gasteiger partial charge in [-0.3, -0.25) is 25.2 Å². The van der Waals surface area contributed by atoms with Crippen LogP contribution >= 0.6 is 0 Å². The molecule has 1 aromatic heterocycles. The maximum atomic E-state index is 12.8. The molecule has 1 aliphatic rings. The number of benzene rings is 1. The van der Waals surface area contributed by atoms with Crippen LogP contribution in [0, 0.1) is 5.92 Å². The number of aromatic nitrogens is 2. The fraction of sp³-hybridized carbons (Fsp3) is 0.545. The Hall–Kier alpha value is -2.78. The number of fused-ring (bicyclic) bond motifs is 1. The van der Waals surface area contributed by atoms with Crippen LogP contribution in [-0.4, -0.2) is 53.4 Å². The van der Waals surface area contributed by atoms with E-state index < -0.39 is 5.91 Å². The van der Waals surface area contributed by atoms with E-state index in [-0.39, 0.29) is 41.7 Å². The van der Waals surface area contributed by atoms with Gasteiger partial charge in [0, 0.05) is 11.9 Å². The molecule has 0 radical (unpaired) electrons. The summed E-state index contributed by atoms with van der Waals surface area (Å²) in [5.41, 5.74) is 4.79. The number of hydrogen-bond donors (Lipinski definition) is 3. The minimum Gasteiger partial charge on any atom is -0.364 e. The van der Waals surface area contributed by atoms with E-state index in [0.717, 1.165) is 13.1 Å². The van der Waals surface area contributed by atoms with Crippen molar-refractivity contribution in [3.8, 4) is 0 Å². The fourth-order valence-electron chi connectivity index (χ4n) is 4.00. The molecule has 31 heavy (non-hydrogen) atoms. The molecule has 3 rings (SSSR count). The highest BCUT2D eigenvalue weighted by molar-refractivity contribution is 6.05. The molecule has 3 N–H and O–H groups in total. The van der Waals surface area contributed by atoms with Crippen LogP contribution in [0.3, 0.4) is 0 Å². The van der Waals surface area contributed by atoms with Crippen molar-refractivity contribution in [2.24, 2.45) is 5.92 Å². The van der Waals surface area contributed by atoms with E-state index in [2.05, 4.69) is 16.0 Å². The van der Waals surface area contributed by atoms with E-state index in [0.29, 0.717) is 23.9 Å². The number of rotatable bonds is 6. The average Bonchev–Trinajstić information content (AvgIpc) is 2.71. The molecule has 2 atom stereocenters. The van der Waals surface area contributed by atoms with E-state index >= 15 is 0 Å². The Balaban J connectivity index is 1.65. The number of ether oxygens (including phenoxy) is 1. The standard InChI is InChI=1S/C22H31N5O4/c1-14(2)11-27-22(30)18-8-6-5-7-17(18)20(25-27)21(29)24-23-19(28)9-10-26-12-15(3)31-16(4)13-26/h5-8,14-16H,9-13H2,1-4H3,(H,23,28)(H,24,29)/p+1/t15-,16-/m1/s1. The third-order valence-electron chi connectivity index (χ3n) is 5.26. The number of amides is 2. The lowest BCUT2D eigenvalue weighted by Gasteiger charge is -2.32. The monoisotopic (exact) mass is 430 g/mol. The molecule has 9 heteroatoms. The molecular weight excluding hydrogens is 398 g/mol. The lowest BCUT2D eigenvalue weighted by molar-refractivity contribution is -0.914. The van der Waals surface area contributed by atoms with Gasteiger partial charge in [-0.1, -0.05) is 32.0 Å². The normalized spacial score (nSPS) is 21.3. The van der Waals surface area contributed by atoms with E-state index in [1.807, 2.05) is 27.7 Å². The van der Waals surface area contributed by atoms with Gasteiger partial charge in [-0.2, -0.15) is 5.10 Å². The Bertz CT molecular complexity index is 993. The van der Waals surface area contributed by atoms with Gasteiger partial charge in [0.1, 0.15) is 25.3 Å². The van der Waals surface area contributed by atoms with Gasteiger partial charge in [0.2, 0.25) is 5.91 Å². The maximum absolute atomic E-state index is 12.8. The fourth-order valence-corrected chi connectivity index (χ4v) is 4.00. The number of nitrogens with zero attached hydrogens (tertiary/aromatic N) is 2. The second-order valence-corrected chi connectivity index (χ2v) is 8.69. The molecule has 2 aromatic rings. The van der Waals surface area contributed by atoms with E-state index in [4.69, 9.17) is 4.74 Å². The Labute approximate surface area is 181 Å². The second-order valence-electron chi connectivity index (χ2n) is 8.69. The first-order valence-electron chi connectivity index (χ1n) is 10.8. The Morgan fingerprint density at radius 3 is 2.45 bits per heavy atom. The summed E-state index contributed by atoms with van der Waals surface area (Å²) in [7, 11) is 0. The third-order valence-corrected chi connectivity index (χ3v) is 5.26. The predicted octanol–water partition coefficient (Wildman–Crippen LogP) is -0.104. The van der Waals surface area contributed by atoms with Gasteiger partial charge < -0.3 is 9.64 Å². The zero-order valence-electron chi connectivity index (χ0n) is 18.6. The zero-order chi connectivity index (χ0) is 22.5. The Morgan fingerprint density at radius 1 is 1.16 bits per heavy atom. The molecular formula is C22H32N5O4+. The summed E-state index contributed by atoms with van der Waals surface area (Å²) in [5, 5.41) is 5.16. The van der Waals surface area contributed by atoms with Crippen LogP contribution in [0.15, 0.2) is 29.1 Å². The van der Waals surface area contributed by atoms with Gasteiger partial charge in [-0.15, -0.1) is 0 Å². The quantitative estimate of drug-likeness (QED) is 0.555. The zero-order valence-corrected chi connectivity index (χ0v) is 18.6. The molecule has 9 nitrogen and oxygen atoms in total. The first kappa shape index (κ1) is 22.9. The summed E-state index contributed by atoms with van der Waals surface area (Å²) in [6.45, 7) is 10.8. The molecule has 1 aromatic carbocycles. The third kappa shape index (κ3) is 5.89. The number of hydrogen-bond acceptors (Lipinski definition) is 5. The van der Waals surface area contributed by atoms with Crippen molar-refractivity contribution in [3.05, 3.63) is 40.3 Å². The topological polar surface area (TPSA) is 107 Å². The summed E-state index contributed by atoms with van der Waals surface area (Å²) in [6, 6.07) is 6.87. The van der Waals surface area contributed by atoms with Gasteiger partial charge in [-0.05, 0) is 25.8 Å². The summed E-state index contributed by atoms with van der Waals surface area (Å²) in [6.07, 6.45) is 0.626. The van der Waals surface area contributed by atoms with E-state index in [9.17, 15) is 14.4 Å².